The van der Waals surface area contributed by atoms with Gasteiger partial charge in [0.1, 0.15) is 5.82 Å². The molecule has 0 bridgehead atoms. The van der Waals surface area contributed by atoms with Crippen molar-refractivity contribution in [2.75, 3.05) is 0 Å². The Kier molecular flexibility index (Phi) is 1.43. The number of nitrogens with one attached hydrogen (secondary N) is 2. The van der Waals surface area contributed by atoms with Crippen LogP contribution in [0.2, 0.25) is 0 Å². The zero-order chi connectivity index (χ0) is 8.55. The molecular formula is C7H8N4O. The molecule has 0 aliphatic heterocycles. The lowest BCUT2D eigenvalue weighted by Gasteiger charge is -1.93. The fourth-order valence-electron chi connectivity index (χ4n) is 1.06. The maximum absolute atomic E-state index is 11.2. The topological polar surface area (TPSA) is 74.4 Å². The quantitative estimate of drug-likeness (QED) is 0.632. The van der Waals surface area contributed by atoms with E-state index in [0.717, 1.165) is 0 Å². The summed E-state index contributed by atoms with van der Waals surface area (Å²) in [5, 5.41) is 0. The van der Waals surface area contributed by atoms with Gasteiger partial charge in [-0.3, -0.25) is 4.79 Å². The summed E-state index contributed by atoms with van der Waals surface area (Å²) >= 11 is 0. The first kappa shape index (κ1) is 7.02. The van der Waals surface area contributed by atoms with E-state index in [1.807, 2.05) is 6.92 Å². The minimum absolute atomic E-state index is 0.252. The summed E-state index contributed by atoms with van der Waals surface area (Å²) in [4.78, 5) is 24.6. The fourth-order valence-corrected chi connectivity index (χ4v) is 1.06. The summed E-state index contributed by atoms with van der Waals surface area (Å²) in [5.74, 6) is 0.666. The molecule has 0 fully saturated rings. The van der Waals surface area contributed by atoms with Gasteiger partial charge in [-0.25, -0.2) is 4.98 Å². The van der Waals surface area contributed by atoms with Gasteiger partial charge in [0.25, 0.3) is 5.56 Å². The van der Waals surface area contributed by atoms with Crippen molar-refractivity contribution in [2.45, 2.75) is 13.3 Å². The molecule has 0 atom stereocenters. The number of hydrogen-bond donors (Lipinski definition) is 2. The molecule has 2 heterocycles. The van der Waals surface area contributed by atoms with Crippen LogP contribution in [0.15, 0.2) is 11.1 Å². The van der Waals surface area contributed by atoms with Gasteiger partial charge in [-0.1, -0.05) is 6.92 Å². The van der Waals surface area contributed by atoms with Crippen LogP contribution in [0.1, 0.15) is 12.7 Å². The highest BCUT2D eigenvalue weighted by Crippen LogP contribution is 1.98. The normalized spacial score (nSPS) is 10.8. The molecule has 12 heavy (non-hydrogen) atoms. The minimum atomic E-state index is -0.252. The number of hydrogen-bond acceptors (Lipinski definition) is 3. The summed E-state index contributed by atoms with van der Waals surface area (Å²) in [6.45, 7) is 1.93. The van der Waals surface area contributed by atoms with Crippen LogP contribution in [0.4, 0.5) is 0 Å². The maximum Gasteiger partial charge on any atom is 0.298 e. The molecule has 0 radical (unpaired) electrons. The van der Waals surface area contributed by atoms with Crippen molar-refractivity contribution in [2.24, 2.45) is 0 Å². The molecule has 2 aromatic rings. The number of H-pyrrole nitrogens is 2. The summed E-state index contributed by atoms with van der Waals surface area (Å²) in [6.07, 6.45) is 2.18. The molecule has 0 aliphatic rings. The number of aryl methyl sites for hydroxylation is 1. The van der Waals surface area contributed by atoms with Gasteiger partial charge in [-0.15, -0.1) is 0 Å². The van der Waals surface area contributed by atoms with Crippen LogP contribution >= 0.6 is 0 Å². The molecule has 2 rings (SSSR count). The largest absolute Gasteiger partial charge is 0.339 e. The molecule has 2 aromatic heterocycles. The van der Waals surface area contributed by atoms with Crippen LogP contribution in [0.3, 0.4) is 0 Å². The van der Waals surface area contributed by atoms with E-state index in [1.165, 1.54) is 6.33 Å². The van der Waals surface area contributed by atoms with E-state index in [9.17, 15) is 4.79 Å². The van der Waals surface area contributed by atoms with Crippen molar-refractivity contribution in [1.82, 2.24) is 19.9 Å². The second-order valence-electron chi connectivity index (χ2n) is 2.47. The molecule has 0 spiro atoms. The van der Waals surface area contributed by atoms with Gasteiger partial charge in [0, 0.05) is 6.42 Å². The minimum Gasteiger partial charge on any atom is -0.339 e. The Morgan fingerprint density at radius 2 is 2.42 bits per heavy atom. The van der Waals surface area contributed by atoms with Crippen LogP contribution in [0.25, 0.3) is 11.2 Å². The first-order valence-electron chi connectivity index (χ1n) is 3.73. The van der Waals surface area contributed by atoms with Crippen molar-refractivity contribution in [1.29, 1.82) is 0 Å². The maximum atomic E-state index is 11.2. The lowest BCUT2D eigenvalue weighted by atomic mass is 10.4. The van der Waals surface area contributed by atoms with Crippen molar-refractivity contribution in [3.8, 4) is 0 Å². The van der Waals surface area contributed by atoms with Crippen LogP contribution < -0.4 is 5.56 Å². The summed E-state index contributed by atoms with van der Waals surface area (Å²) < 4.78 is 0. The van der Waals surface area contributed by atoms with Crippen LogP contribution in [-0.2, 0) is 6.42 Å². The Hall–Kier alpha value is -1.65. The molecule has 62 valence electrons. The van der Waals surface area contributed by atoms with Crippen LogP contribution in [-0.4, -0.2) is 19.9 Å². The van der Waals surface area contributed by atoms with Crippen molar-refractivity contribution >= 4 is 11.2 Å². The van der Waals surface area contributed by atoms with Gasteiger partial charge >= 0.3 is 0 Å². The number of rotatable bonds is 1. The van der Waals surface area contributed by atoms with E-state index in [4.69, 9.17) is 0 Å². The zero-order valence-corrected chi connectivity index (χ0v) is 6.59. The van der Waals surface area contributed by atoms with Gasteiger partial charge in [-0.05, 0) is 0 Å². The SMILES string of the molecule is CCc1nc(=O)c2[nH]cnc2[nH]1. The fraction of sp³-hybridized carbons (Fsp3) is 0.286. The number of fused-ring (bicyclic) bond motifs is 1. The number of aromatic nitrogens is 4. The molecule has 5 nitrogen and oxygen atoms in total. The van der Waals surface area contributed by atoms with Crippen LogP contribution in [0.5, 0.6) is 0 Å². The van der Waals surface area contributed by atoms with Gasteiger partial charge in [0.2, 0.25) is 0 Å². The highest BCUT2D eigenvalue weighted by molar-refractivity contribution is 5.67. The molecule has 5 heteroatoms. The summed E-state index contributed by atoms with van der Waals surface area (Å²) in [7, 11) is 0. The summed E-state index contributed by atoms with van der Waals surface area (Å²) in [6, 6.07) is 0. The van der Waals surface area contributed by atoms with Crippen molar-refractivity contribution < 1.29 is 0 Å². The predicted octanol–water partition coefficient (Wildman–Crippen LogP) is 0.209. The van der Waals surface area contributed by atoms with E-state index in [1.54, 1.807) is 0 Å². The highest BCUT2D eigenvalue weighted by atomic mass is 16.1. The van der Waals surface area contributed by atoms with Crippen molar-refractivity contribution in [3.05, 3.63) is 22.5 Å². The van der Waals surface area contributed by atoms with Crippen molar-refractivity contribution in [3.63, 3.8) is 0 Å². The molecule has 0 aliphatic carbocycles. The second-order valence-corrected chi connectivity index (χ2v) is 2.47. The summed E-state index contributed by atoms with van der Waals surface area (Å²) in [5.41, 5.74) is 0.761. The second kappa shape index (κ2) is 2.44. The Balaban J connectivity index is 2.84. The van der Waals surface area contributed by atoms with E-state index in [-0.39, 0.29) is 5.56 Å². The Morgan fingerprint density at radius 1 is 1.58 bits per heavy atom. The van der Waals surface area contributed by atoms with E-state index >= 15 is 0 Å². The van der Waals surface area contributed by atoms with Gasteiger partial charge in [0.05, 0.1) is 6.33 Å². The smallest absolute Gasteiger partial charge is 0.298 e. The first-order valence-corrected chi connectivity index (χ1v) is 3.73. The molecular weight excluding hydrogens is 156 g/mol. The monoisotopic (exact) mass is 164 g/mol. The van der Waals surface area contributed by atoms with E-state index < -0.39 is 0 Å². The average Bonchev–Trinajstić information content (AvgIpc) is 2.52. The first-order chi connectivity index (χ1) is 5.81. The predicted molar refractivity (Wildman–Crippen MR) is 43.9 cm³/mol. The number of nitrogens with zero attached hydrogens (tertiary/aromatic N) is 2. The Morgan fingerprint density at radius 3 is 3.17 bits per heavy atom. The third kappa shape index (κ3) is 0.903. The van der Waals surface area contributed by atoms with Gasteiger partial charge < -0.3 is 9.97 Å². The van der Waals surface area contributed by atoms with Gasteiger partial charge in [0.15, 0.2) is 11.2 Å². The average molecular weight is 164 g/mol. The van der Waals surface area contributed by atoms with Crippen LogP contribution in [0, 0.1) is 0 Å². The Bertz CT molecular complexity index is 456. The lowest BCUT2D eigenvalue weighted by molar-refractivity contribution is 0.939. The molecule has 0 saturated heterocycles. The molecule has 2 N–H and O–H groups in total. The zero-order valence-electron chi connectivity index (χ0n) is 6.59. The molecule has 0 amide bonds. The third-order valence-electron chi connectivity index (χ3n) is 1.69. The standard InChI is InChI=1S/C7H8N4O/c1-2-4-10-6-5(7(12)11-4)8-3-9-6/h3H,2H2,1H3,(H2,8,9,10,11,12). The molecule has 0 unspecified atom stereocenters. The van der Waals surface area contributed by atoms with E-state index in [2.05, 4.69) is 19.9 Å². The number of imidazole rings is 1. The van der Waals surface area contributed by atoms with E-state index in [0.29, 0.717) is 23.4 Å². The molecule has 0 saturated carbocycles. The lowest BCUT2D eigenvalue weighted by Crippen LogP contribution is -2.11. The number of aromatic amines is 2. The molecule has 0 aromatic carbocycles. The van der Waals surface area contributed by atoms with Gasteiger partial charge in [-0.2, -0.15) is 4.98 Å². The highest BCUT2D eigenvalue weighted by Gasteiger charge is 2.02. The Labute approximate surface area is 67.9 Å². The third-order valence-corrected chi connectivity index (χ3v) is 1.69.